The van der Waals surface area contributed by atoms with Crippen LogP contribution < -0.4 is 10.2 Å². The Kier molecular flexibility index (Phi) is 5.72. The second-order valence-corrected chi connectivity index (χ2v) is 7.08. The van der Waals surface area contributed by atoms with Gasteiger partial charge in [0, 0.05) is 18.8 Å². The van der Waals surface area contributed by atoms with Crippen LogP contribution in [0.25, 0.3) is 0 Å². The van der Waals surface area contributed by atoms with E-state index < -0.39 is 0 Å². The van der Waals surface area contributed by atoms with Gasteiger partial charge in [0.2, 0.25) is 5.91 Å². The molecule has 2 fully saturated rings. The van der Waals surface area contributed by atoms with Crippen molar-refractivity contribution in [1.82, 2.24) is 0 Å². The maximum atomic E-state index is 14.4. The molecule has 2 saturated carbocycles. The summed E-state index contributed by atoms with van der Waals surface area (Å²) in [5.41, 5.74) is 1.08. The number of halogens is 1. The van der Waals surface area contributed by atoms with Crippen LogP contribution in [0.3, 0.4) is 0 Å². The summed E-state index contributed by atoms with van der Waals surface area (Å²) in [5, 5.41) is 2.70. The lowest BCUT2D eigenvalue weighted by molar-refractivity contribution is -0.120. The van der Waals surface area contributed by atoms with Gasteiger partial charge in [0.05, 0.1) is 12.3 Å². The molecule has 24 heavy (non-hydrogen) atoms. The maximum Gasteiger partial charge on any atom is 0.250 e. The van der Waals surface area contributed by atoms with Gasteiger partial charge in [0.1, 0.15) is 12.4 Å². The number of hydrogen-bond acceptors (Lipinski definition) is 3. The molecule has 0 radical (unpaired) electrons. The summed E-state index contributed by atoms with van der Waals surface area (Å²) < 4.78 is 19.8. The molecule has 0 spiro atoms. The van der Waals surface area contributed by atoms with Gasteiger partial charge in [-0.15, -0.1) is 0 Å². The molecule has 1 N–H and O–H groups in total. The first-order valence-electron chi connectivity index (χ1n) is 9.03. The second-order valence-electron chi connectivity index (χ2n) is 7.08. The van der Waals surface area contributed by atoms with Crippen LogP contribution in [-0.4, -0.2) is 32.2 Å². The quantitative estimate of drug-likeness (QED) is 0.820. The molecule has 0 aromatic heterocycles. The Labute approximate surface area is 143 Å². The van der Waals surface area contributed by atoms with Crippen LogP contribution in [0, 0.1) is 11.7 Å². The van der Waals surface area contributed by atoms with Crippen molar-refractivity contribution in [3.8, 4) is 0 Å². The van der Waals surface area contributed by atoms with Crippen molar-refractivity contribution < 1.29 is 13.9 Å². The average Bonchev–Trinajstić information content (AvgIpc) is 3.39. The van der Waals surface area contributed by atoms with Crippen LogP contribution in [0.15, 0.2) is 18.2 Å². The van der Waals surface area contributed by atoms with Crippen molar-refractivity contribution >= 4 is 17.3 Å². The van der Waals surface area contributed by atoms with E-state index in [4.69, 9.17) is 4.74 Å². The Bertz CT molecular complexity index is 568. The average molecular weight is 334 g/mol. The van der Waals surface area contributed by atoms with Crippen LogP contribution in [0.2, 0.25) is 0 Å². The Morgan fingerprint density at radius 2 is 2.00 bits per heavy atom. The number of anilines is 2. The second kappa shape index (κ2) is 7.97. The van der Waals surface area contributed by atoms with Crippen LogP contribution in [0.4, 0.5) is 15.8 Å². The van der Waals surface area contributed by atoms with Crippen LogP contribution in [-0.2, 0) is 9.53 Å². The molecule has 0 heterocycles. The fraction of sp³-hybridized carbons (Fsp3) is 0.632. The molecule has 4 nitrogen and oxygen atoms in total. The summed E-state index contributed by atoms with van der Waals surface area (Å²) in [6.45, 7) is 0.675. The number of nitrogens with zero attached hydrogens (tertiary/aromatic N) is 1. The number of nitrogens with one attached hydrogen (secondary N) is 1. The molecular formula is C19H27FN2O2. The van der Waals surface area contributed by atoms with Gasteiger partial charge < -0.3 is 15.0 Å². The summed E-state index contributed by atoms with van der Waals surface area (Å²) >= 11 is 0. The van der Waals surface area contributed by atoms with E-state index in [-0.39, 0.29) is 18.3 Å². The Morgan fingerprint density at radius 3 is 2.67 bits per heavy atom. The number of benzene rings is 1. The summed E-state index contributed by atoms with van der Waals surface area (Å²) in [4.78, 5) is 13.9. The zero-order valence-corrected chi connectivity index (χ0v) is 14.4. The first-order valence-corrected chi connectivity index (χ1v) is 9.03. The largest absolute Gasteiger partial charge is 0.371 e. The summed E-state index contributed by atoms with van der Waals surface area (Å²) in [7, 11) is 1.96. The van der Waals surface area contributed by atoms with Crippen LogP contribution >= 0.6 is 0 Å². The summed E-state index contributed by atoms with van der Waals surface area (Å²) in [6, 6.07) is 5.32. The third-order valence-corrected chi connectivity index (χ3v) is 5.02. The van der Waals surface area contributed by atoms with E-state index in [0.717, 1.165) is 12.8 Å². The van der Waals surface area contributed by atoms with Gasteiger partial charge >= 0.3 is 0 Å². The van der Waals surface area contributed by atoms with Crippen molar-refractivity contribution in [2.24, 2.45) is 5.92 Å². The molecule has 3 rings (SSSR count). The molecule has 1 amide bonds. The van der Waals surface area contributed by atoms with E-state index in [1.807, 2.05) is 11.9 Å². The maximum absolute atomic E-state index is 14.4. The summed E-state index contributed by atoms with van der Waals surface area (Å²) in [5.74, 6) is 0.105. The van der Waals surface area contributed by atoms with Crippen LogP contribution in [0.5, 0.6) is 0 Å². The molecule has 2 aliphatic rings. The van der Waals surface area contributed by atoms with Crippen molar-refractivity contribution in [2.45, 2.75) is 51.0 Å². The molecule has 5 heteroatoms. The molecule has 0 saturated heterocycles. The fourth-order valence-corrected chi connectivity index (χ4v) is 3.34. The molecule has 0 aliphatic heterocycles. The van der Waals surface area contributed by atoms with Gasteiger partial charge in [-0.1, -0.05) is 19.3 Å². The van der Waals surface area contributed by atoms with E-state index in [2.05, 4.69) is 5.32 Å². The van der Waals surface area contributed by atoms with Crippen LogP contribution in [0.1, 0.15) is 44.9 Å². The monoisotopic (exact) mass is 334 g/mol. The predicted molar refractivity (Wildman–Crippen MR) is 93.8 cm³/mol. The lowest BCUT2D eigenvalue weighted by atomic mass is 9.94. The van der Waals surface area contributed by atoms with Crippen molar-refractivity contribution in [3.05, 3.63) is 24.0 Å². The number of carbonyl (C=O) groups is 1. The predicted octanol–water partition coefficient (Wildman–Crippen LogP) is 3.96. The van der Waals surface area contributed by atoms with E-state index in [0.29, 0.717) is 29.9 Å². The third kappa shape index (κ3) is 4.69. The topological polar surface area (TPSA) is 41.6 Å². The molecule has 2 aliphatic carbocycles. The smallest absolute Gasteiger partial charge is 0.250 e. The molecule has 0 bridgehead atoms. The lowest BCUT2D eigenvalue weighted by Gasteiger charge is -2.33. The van der Waals surface area contributed by atoms with E-state index in [1.165, 1.54) is 38.2 Å². The third-order valence-electron chi connectivity index (χ3n) is 5.02. The van der Waals surface area contributed by atoms with Gasteiger partial charge in [0.15, 0.2) is 0 Å². The Balaban J connectivity index is 1.53. The van der Waals surface area contributed by atoms with Gasteiger partial charge in [-0.05, 0) is 49.8 Å². The van der Waals surface area contributed by atoms with Crippen molar-refractivity contribution in [2.75, 3.05) is 30.5 Å². The van der Waals surface area contributed by atoms with Gasteiger partial charge in [-0.3, -0.25) is 4.79 Å². The van der Waals surface area contributed by atoms with Crippen molar-refractivity contribution in [3.63, 3.8) is 0 Å². The fourth-order valence-electron chi connectivity index (χ4n) is 3.34. The summed E-state index contributed by atoms with van der Waals surface area (Å²) in [6.07, 6.45) is 8.34. The first kappa shape index (κ1) is 17.2. The molecular weight excluding hydrogens is 307 g/mol. The zero-order chi connectivity index (χ0) is 16.9. The molecule has 1 aromatic carbocycles. The van der Waals surface area contributed by atoms with Gasteiger partial charge in [-0.25, -0.2) is 4.39 Å². The molecule has 132 valence electrons. The first-order chi connectivity index (χ1) is 11.6. The molecule has 0 atom stereocenters. The van der Waals surface area contributed by atoms with E-state index >= 15 is 0 Å². The number of ether oxygens (including phenoxy) is 1. The highest BCUT2D eigenvalue weighted by molar-refractivity contribution is 5.91. The highest BCUT2D eigenvalue weighted by Gasteiger charge is 2.22. The Hall–Kier alpha value is -1.62. The standard InChI is InChI=1S/C19H27FN2O2/c1-22(16-5-3-2-4-6-16)18-10-9-15(11-17(18)20)21-19(23)13-24-12-14-7-8-14/h9-11,14,16H,2-8,12-13H2,1H3,(H,21,23). The SMILES string of the molecule is CN(c1ccc(NC(=O)COCC2CC2)cc1F)C1CCCCC1. The number of hydrogen-bond donors (Lipinski definition) is 1. The molecule has 1 aromatic rings. The number of rotatable bonds is 7. The van der Waals surface area contributed by atoms with Gasteiger partial charge in [0.25, 0.3) is 0 Å². The zero-order valence-electron chi connectivity index (χ0n) is 14.4. The highest BCUT2D eigenvalue weighted by Crippen LogP contribution is 2.30. The normalized spacial score (nSPS) is 18.4. The van der Waals surface area contributed by atoms with Crippen molar-refractivity contribution in [1.29, 1.82) is 0 Å². The minimum absolute atomic E-state index is 0.0296. The molecule has 0 unspecified atom stereocenters. The van der Waals surface area contributed by atoms with E-state index in [1.54, 1.807) is 12.1 Å². The highest BCUT2D eigenvalue weighted by atomic mass is 19.1. The minimum atomic E-state index is -0.292. The van der Waals surface area contributed by atoms with Gasteiger partial charge in [-0.2, -0.15) is 0 Å². The lowest BCUT2D eigenvalue weighted by Crippen LogP contribution is -2.33. The number of carbonyl (C=O) groups excluding carboxylic acids is 1. The van der Waals surface area contributed by atoms with E-state index in [9.17, 15) is 9.18 Å². The minimum Gasteiger partial charge on any atom is -0.371 e. The number of amides is 1. The Morgan fingerprint density at radius 1 is 1.25 bits per heavy atom.